The third kappa shape index (κ3) is 4.88. The Balaban J connectivity index is 1.71. The summed E-state index contributed by atoms with van der Waals surface area (Å²) in [4.78, 5) is 13.1. The highest BCUT2D eigenvalue weighted by Crippen LogP contribution is 2.31. The van der Waals surface area contributed by atoms with E-state index in [2.05, 4.69) is 17.2 Å². The van der Waals surface area contributed by atoms with Gasteiger partial charge < -0.3 is 35.4 Å². The molecule has 8 nitrogen and oxygen atoms in total. The lowest BCUT2D eigenvalue weighted by atomic mass is 9.92. The van der Waals surface area contributed by atoms with Gasteiger partial charge in [0.05, 0.1) is 24.1 Å². The van der Waals surface area contributed by atoms with Crippen molar-refractivity contribution in [2.45, 2.75) is 66.8 Å². The molecule has 0 aromatic carbocycles. The number of nitrogens with one attached hydrogen (secondary N) is 2. The van der Waals surface area contributed by atoms with Crippen LogP contribution in [-0.2, 0) is 14.3 Å². The van der Waals surface area contributed by atoms with Gasteiger partial charge in [0.1, 0.15) is 35.9 Å². The summed E-state index contributed by atoms with van der Waals surface area (Å²) in [6.45, 7) is 6.55. The number of carbonyl (C=O) groups excluding carboxylic acids is 1. The first-order valence-electron chi connectivity index (χ1n) is 10.1. The van der Waals surface area contributed by atoms with E-state index >= 15 is 0 Å². The molecule has 0 aromatic rings. The molecule has 1 amide bonds. The van der Waals surface area contributed by atoms with Gasteiger partial charge >= 0.3 is 0 Å². The van der Waals surface area contributed by atoms with Crippen molar-refractivity contribution in [2.24, 2.45) is 5.92 Å². The van der Waals surface area contributed by atoms with Crippen LogP contribution >= 0.6 is 23.4 Å². The molecule has 3 heterocycles. The van der Waals surface area contributed by atoms with Crippen LogP contribution in [0.3, 0.4) is 0 Å². The highest BCUT2D eigenvalue weighted by molar-refractivity contribution is 7.99. The highest BCUT2D eigenvalue weighted by atomic mass is 35.5. The fourth-order valence-electron chi connectivity index (χ4n) is 4.34. The van der Waals surface area contributed by atoms with E-state index in [1.165, 1.54) is 11.8 Å². The number of aliphatic hydroxyl groups is 3. The molecule has 3 rings (SSSR count). The van der Waals surface area contributed by atoms with Crippen molar-refractivity contribution in [1.29, 1.82) is 0 Å². The molecule has 5 N–H and O–H groups in total. The summed E-state index contributed by atoms with van der Waals surface area (Å²) in [7, 11) is 0. The molecule has 10 heteroatoms. The van der Waals surface area contributed by atoms with Gasteiger partial charge in [0.2, 0.25) is 5.91 Å². The monoisotopic (exact) mass is 462 g/mol. The quantitative estimate of drug-likeness (QED) is 0.343. The Labute approximate surface area is 186 Å². The smallest absolute Gasteiger partial charge is 0.240 e. The molecule has 0 aromatic heterocycles. The van der Waals surface area contributed by atoms with E-state index in [4.69, 9.17) is 21.1 Å². The largest absolute Gasteiger partial charge is 0.388 e. The number of carbonyl (C=O) groups is 1. The van der Waals surface area contributed by atoms with Gasteiger partial charge in [-0.3, -0.25) is 4.79 Å². The fraction of sp³-hybridized carbons (Fsp3) is 0.750. The number of hydrogen-bond donors (Lipinski definition) is 5. The van der Waals surface area contributed by atoms with E-state index in [1.807, 2.05) is 12.2 Å². The topological polar surface area (TPSA) is 120 Å². The number of thioether (sulfide) groups is 1. The second kappa shape index (κ2) is 10.3. The van der Waals surface area contributed by atoms with E-state index < -0.39 is 47.3 Å². The van der Waals surface area contributed by atoms with Crippen molar-refractivity contribution < 1.29 is 29.6 Å². The molecule has 2 fully saturated rings. The van der Waals surface area contributed by atoms with E-state index in [0.29, 0.717) is 13.2 Å². The summed E-state index contributed by atoms with van der Waals surface area (Å²) >= 11 is 7.55. The first-order valence-corrected chi connectivity index (χ1v) is 11.8. The summed E-state index contributed by atoms with van der Waals surface area (Å²) in [6, 6.07) is -1.35. The van der Waals surface area contributed by atoms with Gasteiger partial charge in [-0.05, 0) is 25.2 Å². The molecule has 10 atom stereocenters. The standard InChI is InChI=1S/C20H31ClN2O6S/c1-4-10-5-6-28-17-11(7-10)8-22-13(17)19(27)23-12(9(2)21)18-15(25)14(24)16(26)20(29-18)30-3/h4-5,9,11-18,20,22,24-26H,1,6-8H2,2-3H3,(H,23,27)/t9-,11-,12+,13-,14?,15?,16+,17+,18+,20?/m0/s1. The molecule has 2 saturated heterocycles. The SMILES string of the molecule is C=CC1=CCO[C@@H]2[C@H](CN[C@@H]2C(=O)N[C@H]([C@H](C)Cl)[C@H]2OC(SC)[C@H](O)C(O)C2O)C1. The Bertz CT molecular complexity index is 663. The minimum Gasteiger partial charge on any atom is -0.388 e. The lowest BCUT2D eigenvalue weighted by Crippen LogP contribution is -2.65. The molecule has 0 bridgehead atoms. The van der Waals surface area contributed by atoms with E-state index in [-0.39, 0.29) is 17.9 Å². The Kier molecular flexibility index (Phi) is 8.25. The van der Waals surface area contributed by atoms with Crippen LogP contribution in [0, 0.1) is 5.92 Å². The average Bonchev–Trinajstić information content (AvgIpc) is 3.00. The van der Waals surface area contributed by atoms with Crippen LogP contribution in [0.25, 0.3) is 0 Å². The van der Waals surface area contributed by atoms with Gasteiger partial charge in [-0.15, -0.1) is 23.4 Å². The van der Waals surface area contributed by atoms with Gasteiger partial charge in [0, 0.05) is 12.5 Å². The van der Waals surface area contributed by atoms with Crippen molar-refractivity contribution in [2.75, 3.05) is 19.4 Å². The summed E-state index contributed by atoms with van der Waals surface area (Å²) < 4.78 is 11.7. The summed E-state index contributed by atoms with van der Waals surface area (Å²) in [5.41, 5.74) is 0.359. The van der Waals surface area contributed by atoms with Crippen molar-refractivity contribution in [3.63, 3.8) is 0 Å². The van der Waals surface area contributed by atoms with Crippen molar-refractivity contribution in [3.8, 4) is 0 Å². The highest BCUT2D eigenvalue weighted by Gasteiger charge is 2.49. The number of hydrogen-bond acceptors (Lipinski definition) is 8. The lowest BCUT2D eigenvalue weighted by Gasteiger charge is -2.44. The van der Waals surface area contributed by atoms with E-state index in [0.717, 1.165) is 12.0 Å². The molecule has 3 aliphatic rings. The summed E-state index contributed by atoms with van der Waals surface area (Å²) in [5, 5.41) is 36.3. The number of rotatable bonds is 6. The third-order valence-corrected chi connectivity index (χ3v) is 7.19. The molecule has 0 aliphatic carbocycles. The van der Waals surface area contributed by atoms with Crippen LogP contribution in [0.1, 0.15) is 13.3 Å². The number of alkyl halides is 1. The second-order valence-corrected chi connectivity index (χ2v) is 9.64. The molecule has 170 valence electrons. The second-order valence-electron chi connectivity index (χ2n) is 8.02. The lowest BCUT2D eigenvalue weighted by molar-refractivity contribution is -0.205. The number of ether oxygens (including phenoxy) is 2. The fourth-order valence-corrected chi connectivity index (χ4v) is 5.23. The molecule has 3 unspecified atom stereocenters. The zero-order chi connectivity index (χ0) is 22.0. The number of halogens is 1. The molecular formula is C20H31ClN2O6S. The maximum Gasteiger partial charge on any atom is 0.240 e. The van der Waals surface area contributed by atoms with E-state index in [1.54, 1.807) is 13.2 Å². The van der Waals surface area contributed by atoms with Gasteiger partial charge in [-0.1, -0.05) is 18.7 Å². The Hall–Kier alpha value is -0.650. The number of amides is 1. The maximum atomic E-state index is 13.1. The molecule has 30 heavy (non-hydrogen) atoms. The summed E-state index contributed by atoms with van der Waals surface area (Å²) in [6.07, 6.45) is 0.990. The van der Waals surface area contributed by atoms with Crippen LogP contribution in [0.2, 0.25) is 0 Å². The van der Waals surface area contributed by atoms with Gasteiger partial charge in [0.25, 0.3) is 0 Å². The number of allylic oxidation sites excluding steroid dienone is 2. The normalized spacial score (nSPS) is 41.2. The Morgan fingerprint density at radius 3 is 2.77 bits per heavy atom. The number of aliphatic hydroxyl groups excluding tert-OH is 3. The zero-order valence-corrected chi connectivity index (χ0v) is 18.7. The average molecular weight is 463 g/mol. The van der Waals surface area contributed by atoms with Crippen molar-refractivity contribution in [1.82, 2.24) is 10.6 Å². The predicted octanol–water partition coefficient (Wildman–Crippen LogP) is -0.242. The predicted molar refractivity (Wildman–Crippen MR) is 115 cm³/mol. The number of fused-ring (bicyclic) bond motifs is 1. The van der Waals surface area contributed by atoms with Crippen LogP contribution in [0.5, 0.6) is 0 Å². The molecule has 0 saturated carbocycles. The minimum absolute atomic E-state index is 0.147. The van der Waals surface area contributed by atoms with Gasteiger partial charge in [0.15, 0.2) is 0 Å². The van der Waals surface area contributed by atoms with Crippen molar-refractivity contribution >= 4 is 29.3 Å². The molecule has 0 radical (unpaired) electrons. The minimum atomic E-state index is -1.40. The Morgan fingerprint density at radius 2 is 2.13 bits per heavy atom. The van der Waals surface area contributed by atoms with Gasteiger partial charge in [-0.2, -0.15) is 0 Å². The van der Waals surface area contributed by atoms with E-state index in [9.17, 15) is 20.1 Å². The van der Waals surface area contributed by atoms with Crippen LogP contribution < -0.4 is 10.6 Å². The molecular weight excluding hydrogens is 432 g/mol. The third-order valence-electron chi connectivity index (χ3n) is 6.07. The zero-order valence-electron chi connectivity index (χ0n) is 17.1. The van der Waals surface area contributed by atoms with Gasteiger partial charge in [-0.25, -0.2) is 0 Å². The van der Waals surface area contributed by atoms with Crippen molar-refractivity contribution in [3.05, 3.63) is 24.3 Å². The molecule has 0 spiro atoms. The van der Waals surface area contributed by atoms with Crippen LogP contribution in [-0.4, -0.2) is 94.1 Å². The van der Waals surface area contributed by atoms with Crippen LogP contribution in [0.15, 0.2) is 24.3 Å². The molecule has 3 aliphatic heterocycles. The Morgan fingerprint density at radius 1 is 1.40 bits per heavy atom. The maximum absolute atomic E-state index is 13.1. The first-order chi connectivity index (χ1) is 14.3. The van der Waals surface area contributed by atoms with Crippen LogP contribution in [0.4, 0.5) is 0 Å². The first kappa shape index (κ1) is 24.0. The summed E-state index contributed by atoms with van der Waals surface area (Å²) in [5.74, 6) is -0.159.